The van der Waals surface area contributed by atoms with E-state index in [2.05, 4.69) is 38.1 Å². The number of halogens is 3. The zero-order valence-electron chi connectivity index (χ0n) is 7.02. The van der Waals surface area contributed by atoms with Gasteiger partial charge in [-0.1, -0.05) is 19.8 Å². The summed E-state index contributed by atoms with van der Waals surface area (Å²) in [5, 5.41) is 0. The van der Waals surface area contributed by atoms with E-state index in [0.717, 1.165) is 0 Å². The molecule has 0 N–H and O–H groups in total. The van der Waals surface area contributed by atoms with Gasteiger partial charge in [0.2, 0.25) is 0 Å². The van der Waals surface area contributed by atoms with Crippen LogP contribution in [0, 0.1) is 0 Å². The predicted octanol–water partition coefficient (Wildman–Crippen LogP) is -6.46. The molecule has 0 unspecified atom stereocenters. The Bertz CT molecular complexity index is 149. The molecule has 4 heteroatoms. The second-order valence-electron chi connectivity index (χ2n) is 2.37. The summed E-state index contributed by atoms with van der Waals surface area (Å²) < 4.78 is 0. The molecule has 0 bridgehead atoms. The molecule has 0 fully saturated rings. The van der Waals surface area contributed by atoms with Crippen LogP contribution in [0.4, 0.5) is 0 Å². The Labute approximate surface area is 112 Å². The van der Waals surface area contributed by atoms with E-state index in [0.29, 0.717) is 5.92 Å². The van der Waals surface area contributed by atoms with E-state index in [9.17, 15) is 0 Å². The van der Waals surface area contributed by atoms with Crippen molar-refractivity contribution in [3.05, 3.63) is 29.8 Å². The van der Waals surface area contributed by atoms with Crippen LogP contribution >= 0.6 is 0 Å². The van der Waals surface area contributed by atoms with Gasteiger partial charge in [0.05, 0.1) is 0 Å². The van der Waals surface area contributed by atoms with Crippen LogP contribution in [0.25, 0.3) is 0 Å². The Morgan fingerprint density at radius 1 is 0.917 bits per heavy atom. The first-order valence-corrected chi connectivity index (χ1v) is 3.02. The Kier molecular flexibility index (Phi) is 23.3. The predicted molar refractivity (Wildman–Crippen MR) is 36.1 cm³/mol. The van der Waals surface area contributed by atoms with Gasteiger partial charge in [-0.15, -0.1) is 0 Å². The minimum absolute atomic E-state index is 0. The van der Waals surface area contributed by atoms with Gasteiger partial charge in [-0.25, -0.2) is 12.1 Å². The Morgan fingerprint density at radius 3 is 1.42 bits per heavy atom. The third kappa shape index (κ3) is 7.72. The van der Waals surface area contributed by atoms with E-state index in [1.165, 1.54) is 5.56 Å². The van der Waals surface area contributed by atoms with Crippen molar-refractivity contribution < 1.29 is 63.1 Å². The third-order valence-corrected chi connectivity index (χ3v) is 1.36. The van der Waals surface area contributed by atoms with Crippen molar-refractivity contribution in [1.82, 2.24) is 0 Å². The topological polar surface area (TPSA) is 0 Å². The van der Waals surface area contributed by atoms with Crippen molar-refractivity contribution in [3.63, 3.8) is 0 Å². The summed E-state index contributed by atoms with van der Waals surface area (Å²) in [5.41, 5.74) is 1.44. The summed E-state index contributed by atoms with van der Waals surface area (Å²) in [7, 11) is 0. The van der Waals surface area contributed by atoms with Crippen molar-refractivity contribution >= 4 is 0 Å². The molecule has 0 heterocycles. The second kappa shape index (κ2) is 12.1. The minimum Gasteiger partial charge on any atom is -1.00 e. The molecule has 0 aliphatic carbocycles. The molecule has 0 saturated heterocycles. The smallest absolute Gasteiger partial charge is 1.00 e. The average molecular weight is 392 g/mol. The maximum Gasteiger partial charge on any atom is 4.00 e. The zero-order valence-corrected chi connectivity index (χ0v) is 12.9. The zero-order chi connectivity index (χ0) is 5.98. The van der Waals surface area contributed by atoms with Gasteiger partial charge < -0.3 is 37.2 Å². The standard InChI is InChI=1S/C8H11.3ClH.Hf/c1-7(2)8-5-3-4-6-8;;;;/h3-7H,1-2H3;3*1H;/q-1;;;;+4/p-3. The van der Waals surface area contributed by atoms with E-state index >= 15 is 0 Å². The summed E-state index contributed by atoms with van der Waals surface area (Å²) in [6, 6.07) is 8.47. The first-order valence-electron chi connectivity index (χ1n) is 3.02. The molecule has 0 aromatic heterocycles. The van der Waals surface area contributed by atoms with Crippen molar-refractivity contribution in [2.24, 2.45) is 0 Å². The molecule has 12 heavy (non-hydrogen) atoms. The van der Waals surface area contributed by atoms with E-state index in [1.54, 1.807) is 0 Å². The molecule has 0 amide bonds. The van der Waals surface area contributed by atoms with Crippen LogP contribution in [0.3, 0.4) is 0 Å². The summed E-state index contributed by atoms with van der Waals surface area (Å²) in [6.45, 7) is 4.41. The molecular formula is C8H11Cl3Hf. The van der Waals surface area contributed by atoms with Crippen molar-refractivity contribution in [2.75, 3.05) is 0 Å². The second-order valence-corrected chi connectivity index (χ2v) is 2.37. The SMILES string of the molecule is CC(C)[c-]1cccc1.[Cl-].[Cl-].[Cl-].[Hf+4]. The molecule has 0 radical (unpaired) electrons. The van der Waals surface area contributed by atoms with Gasteiger partial charge in [0.25, 0.3) is 0 Å². The normalized spacial score (nSPS) is 6.92. The largest absolute Gasteiger partial charge is 4.00 e. The number of hydrogen-bond donors (Lipinski definition) is 0. The van der Waals surface area contributed by atoms with Gasteiger partial charge in [0.1, 0.15) is 0 Å². The van der Waals surface area contributed by atoms with Gasteiger partial charge in [0.15, 0.2) is 0 Å². The van der Waals surface area contributed by atoms with Crippen molar-refractivity contribution in [1.29, 1.82) is 0 Å². The molecule has 0 spiro atoms. The summed E-state index contributed by atoms with van der Waals surface area (Å²) in [5.74, 6) is 0.685. The number of hydrogen-bond acceptors (Lipinski definition) is 0. The van der Waals surface area contributed by atoms with Crippen molar-refractivity contribution in [3.8, 4) is 0 Å². The fraction of sp³-hybridized carbons (Fsp3) is 0.375. The van der Waals surface area contributed by atoms with Gasteiger partial charge in [-0.05, 0) is 0 Å². The quantitative estimate of drug-likeness (QED) is 0.330. The molecule has 0 saturated carbocycles. The third-order valence-electron chi connectivity index (χ3n) is 1.36. The van der Waals surface area contributed by atoms with Crippen LogP contribution in [-0.2, 0) is 25.8 Å². The Balaban J connectivity index is -0.0000000800. The summed E-state index contributed by atoms with van der Waals surface area (Å²) in [4.78, 5) is 0. The fourth-order valence-corrected chi connectivity index (χ4v) is 0.774. The first-order chi connectivity index (χ1) is 3.80. The van der Waals surface area contributed by atoms with Gasteiger partial charge in [-0.3, -0.25) is 0 Å². The van der Waals surface area contributed by atoms with E-state index < -0.39 is 0 Å². The van der Waals surface area contributed by atoms with Crippen LogP contribution < -0.4 is 37.2 Å². The molecule has 1 aromatic rings. The molecule has 0 nitrogen and oxygen atoms in total. The summed E-state index contributed by atoms with van der Waals surface area (Å²) in [6.07, 6.45) is 0. The summed E-state index contributed by atoms with van der Waals surface area (Å²) >= 11 is 0. The van der Waals surface area contributed by atoms with Crippen LogP contribution in [0.1, 0.15) is 25.3 Å². The molecule has 68 valence electrons. The van der Waals surface area contributed by atoms with Crippen LogP contribution in [-0.4, -0.2) is 0 Å². The minimum atomic E-state index is 0. The molecular weight excluding hydrogens is 381 g/mol. The molecule has 0 aliphatic heterocycles. The van der Waals surface area contributed by atoms with Gasteiger partial charge in [0, 0.05) is 0 Å². The number of rotatable bonds is 1. The maximum absolute atomic E-state index is 2.20. The van der Waals surface area contributed by atoms with Crippen LogP contribution in [0.2, 0.25) is 0 Å². The molecule has 0 atom stereocenters. The van der Waals surface area contributed by atoms with Gasteiger partial charge >= 0.3 is 25.8 Å². The molecule has 0 aliphatic rings. The Hall–Kier alpha value is 1.09. The van der Waals surface area contributed by atoms with Crippen molar-refractivity contribution in [2.45, 2.75) is 19.8 Å². The Morgan fingerprint density at radius 2 is 1.25 bits per heavy atom. The van der Waals surface area contributed by atoms with Crippen LogP contribution in [0.15, 0.2) is 24.3 Å². The molecule has 1 rings (SSSR count). The molecule has 1 aromatic carbocycles. The van der Waals surface area contributed by atoms with E-state index in [-0.39, 0.29) is 63.1 Å². The van der Waals surface area contributed by atoms with Crippen LogP contribution in [0.5, 0.6) is 0 Å². The first kappa shape index (κ1) is 23.2. The maximum atomic E-state index is 2.20. The van der Waals surface area contributed by atoms with Gasteiger partial charge in [-0.2, -0.15) is 17.7 Å². The monoisotopic (exact) mass is 392 g/mol. The van der Waals surface area contributed by atoms with E-state index in [4.69, 9.17) is 0 Å². The fourth-order valence-electron chi connectivity index (χ4n) is 0.774. The average Bonchev–Trinajstić information content (AvgIpc) is 2.12. The van der Waals surface area contributed by atoms with E-state index in [1.807, 2.05) is 0 Å².